The predicted molar refractivity (Wildman–Crippen MR) is 78.0 cm³/mol. The van der Waals surface area contributed by atoms with Gasteiger partial charge < -0.3 is 14.4 Å². The molecule has 2 rings (SSSR count). The lowest BCUT2D eigenvalue weighted by Crippen LogP contribution is -2.33. The molecule has 0 aliphatic heterocycles. The van der Waals surface area contributed by atoms with Gasteiger partial charge in [0.05, 0.1) is 12.3 Å². The molecule has 0 saturated heterocycles. The number of likely N-dealkylation sites (N-methyl/N-ethyl adjacent to an activating group) is 1. The zero-order chi connectivity index (χ0) is 14.7. The highest BCUT2D eigenvalue weighted by Gasteiger charge is 2.21. The highest BCUT2D eigenvalue weighted by atomic mass is 32.1. The van der Waals surface area contributed by atoms with Gasteiger partial charge in [-0.3, -0.25) is 4.79 Å². The van der Waals surface area contributed by atoms with Crippen molar-refractivity contribution in [3.63, 3.8) is 0 Å². The lowest BCUT2D eigenvalue weighted by atomic mass is 10.3. The number of thiazole rings is 1. The van der Waals surface area contributed by atoms with E-state index in [4.69, 9.17) is 9.52 Å². The molecule has 2 aromatic heterocycles. The first kappa shape index (κ1) is 14.7. The van der Waals surface area contributed by atoms with Crippen LogP contribution in [0.3, 0.4) is 0 Å². The number of aryl methyl sites for hydroxylation is 2. The van der Waals surface area contributed by atoms with Crippen LogP contribution in [0.25, 0.3) is 10.8 Å². The van der Waals surface area contributed by atoms with E-state index in [1.165, 1.54) is 11.3 Å². The van der Waals surface area contributed by atoms with Crippen molar-refractivity contribution in [2.45, 2.75) is 20.8 Å². The van der Waals surface area contributed by atoms with Gasteiger partial charge in [-0.25, -0.2) is 4.98 Å². The number of amides is 1. The summed E-state index contributed by atoms with van der Waals surface area (Å²) in [5, 5.41) is 9.71. The molecular formula is C14H18N2O3S. The number of aliphatic hydroxyl groups excluding tert-OH is 1. The number of aromatic nitrogens is 1. The monoisotopic (exact) mass is 294 g/mol. The van der Waals surface area contributed by atoms with Crippen LogP contribution in [0.1, 0.15) is 28.0 Å². The fourth-order valence-electron chi connectivity index (χ4n) is 1.92. The van der Waals surface area contributed by atoms with Crippen molar-refractivity contribution in [3.8, 4) is 10.8 Å². The molecule has 0 radical (unpaired) electrons. The van der Waals surface area contributed by atoms with Crippen molar-refractivity contribution in [2.75, 3.05) is 19.7 Å². The number of carbonyl (C=O) groups excluding carboxylic acids is 1. The molecular weight excluding hydrogens is 276 g/mol. The van der Waals surface area contributed by atoms with E-state index in [2.05, 4.69) is 4.98 Å². The molecule has 0 fully saturated rings. The molecule has 0 saturated carbocycles. The van der Waals surface area contributed by atoms with E-state index in [9.17, 15) is 4.79 Å². The van der Waals surface area contributed by atoms with Gasteiger partial charge in [0.2, 0.25) is 0 Å². The Bertz CT molecular complexity index is 603. The van der Waals surface area contributed by atoms with E-state index in [1.807, 2.05) is 32.9 Å². The van der Waals surface area contributed by atoms with Crippen LogP contribution >= 0.6 is 11.3 Å². The number of rotatable bonds is 5. The highest BCUT2D eigenvalue weighted by molar-refractivity contribution is 7.17. The molecule has 0 spiro atoms. The second kappa shape index (κ2) is 6.19. The van der Waals surface area contributed by atoms with Crippen molar-refractivity contribution in [2.24, 2.45) is 0 Å². The summed E-state index contributed by atoms with van der Waals surface area (Å²) in [7, 11) is 0. The molecule has 1 amide bonds. The Morgan fingerprint density at radius 2 is 2.20 bits per heavy atom. The van der Waals surface area contributed by atoms with Crippen LogP contribution in [0.15, 0.2) is 16.5 Å². The van der Waals surface area contributed by atoms with Gasteiger partial charge in [0.1, 0.15) is 10.6 Å². The quantitative estimate of drug-likeness (QED) is 0.920. The van der Waals surface area contributed by atoms with Crippen molar-refractivity contribution < 1.29 is 14.3 Å². The van der Waals surface area contributed by atoms with Crippen LogP contribution in [-0.2, 0) is 0 Å². The number of hydrogen-bond acceptors (Lipinski definition) is 5. The van der Waals surface area contributed by atoms with Gasteiger partial charge in [0.15, 0.2) is 10.8 Å². The summed E-state index contributed by atoms with van der Waals surface area (Å²) in [6, 6.07) is 3.73. The second-order valence-corrected chi connectivity index (χ2v) is 5.45. The van der Waals surface area contributed by atoms with Crippen LogP contribution < -0.4 is 0 Å². The number of furan rings is 1. The van der Waals surface area contributed by atoms with E-state index in [0.717, 1.165) is 5.76 Å². The minimum atomic E-state index is -0.0916. The molecule has 0 bridgehead atoms. The lowest BCUT2D eigenvalue weighted by Gasteiger charge is -2.18. The molecule has 5 nitrogen and oxygen atoms in total. The largest absolute Gasteiger partial charge is 0.459 e. The summed E-state index contributed by atoms with van der Waals surface area (Å²) >= 11 is 1.33. The van der Waals surface area contributed by atoms with Crippen LogP contribution in [0.2, 0.25) is 0 Å². The summed E-state index contributed by atoms with van der Waals surface area (Å²) in [6.45, 7) is 6.43. The predicted octanol–water partition coefficient (Wildman–Crippen LogP) is 2.47. The molecule has 20 heavy (non-hydrogen) atoms. The maximum Gasteiger partial charge on any atom is 0.265 e. The molecule has 0 atom stereocenters. The normalized spacial score (nSPS) is 10.8. The third-order valence-electron chi connectivity index (χ3n) is 2.98. The molecule has 2 aromatic rings. The molecule has 108 valence electrons. The molecule has 0 unspecified atom stereocenters. The summed E-state index contributed by atoms with van der Waals surface area (Å²) in [4.78, 5) is 19.0. The topological polar surface area (TPSA) is 66.6 Å². The first-order valence-corrected chi connectivity index (χ1v) is 7.32. The second-order valence-electron chi connectivity index (χ2n) is 4.45. The average molecular weight is 294 g/mol. The molecule has 0 aromatic carbocycles. The van der Waals surface area contributed by atoms with Gasteiger partial charge >= 0.3 is 0 Å². The van der Waals surface area contributed by atoms with Gasteiger partial charge in [-0.2, -0.15) is 0 Å². The Labute approximate surface area is 121 Å². The Hall–Kier alpha value is -1.66. The van der Waals surface area contributed by atoms with Crippen molar-refractivity contribution in [1.29, 1.82) is 0 Å². The Morgan fingerprint density at radius 1 is 1.45 bits per heavy atom. The minimum Gasteiger partial charge on any atom is -0.459 e. The average Bonchev–Trinajstić information content (AvgIpc) is 3.01. The maximum absolute atomic E-state index is 12.4. The maximum atomic E-state index is 12.4. The number of aliphatic hydroxyl groups is 1. The van der Waals surface area contributed by atoms with Crippen LogP contribution in [0, 0.1) is 13.8 Å². The van der Waals surface area contributed by atoms with E-state index in [-0.39, 0.29) is 12.5 Å². The Balaban J connectivity index is 2.29. The first-order chi connectivity index (χ1) is 9.56. The fourth-order valence-corrected chi connectivity index (χ4v) is 2.91. The van der Waals surface area contributed by atoms with E-state index in [1.54, 1.807) is 4.90 Å². The molecule has 0 aliphatic carbocycles. The van der Waals surface area contributed by atoms with Gasteiger partial charge in [-0.1, -0.05) is 0 Å². The summed E-state index contributed by atoms with van der Waals surface area (Å²) in [6.07, 6.45) is 0. The Kier molecular flexibility index (Phi) is 4.57. The smallest absolute Gasteiger partial charge is 0.265 e. The van der Waals surface area contributed by atoms with E-state index in [0.29, 0.717) is 34.4 Å². The van der Waals surface area contributed by atoms with Gasteiger partial charge in [-0.15, -0.1) is 11.3 Å². The zero-order valence-corrected chi connectivity index (χ0v) is 12.7. The highest BCUT2D eigenvalue weighted by Crippen LogP contribution is 2.29. The lowest BCUT2D eigenvalue weighted by molar-refractivity contribution is 0.0736. The molecule has 1 N–H and O–H groups in total. The fraction of sp³-hybridized carbons (Fsp3) is 0.429. The van der Waals surface area contributed by atoms with E-state index >= 15 is 0 Å². The van der Waals surface area contributed by atoms with E-state index < -0.39 is 0 Å². The Morgan fingerprint density at radius 3 is 2.75 bits per heavy atom. The summed E-state index contributed by atoms with van der Waals surface area (Å²) in [5.74, 6) is 1.40. The van der Waals surface area contributed by atoms with Crippen LogP contribution in [0.4, 0.5) is 0 Å². The van der Waals surface area contributed by atoms with Crippen molar-refractivity contribution in [1.82, 2.24) is 9.88 Å². The van der Waals surface area contributed by atoms with Crippen LogP contribution in [-0.4, -0.2) is 40.6 Å². The number of hydrogen-bond donors (Lipinski definition) is 1. The van der Waals surface area contributed by atoms with Gasteiger partial charge in [0, 0.05) is 13.1 Å². The first-order valence-electron chi connectivity index (χ1n) is 6.51. The van der Waals surface area contributed by atoms with Crippen molar-refractivity contribution >= 4 is 17.2 Å². The zero-order valence-electron chi connectivity index (χ0n) is 11.8. The standard InChI is InChI=1S/C14H18N2O3S/c1-4-16(7-8-17)14(18)12-10(3)15-13(20-12)11-6-5-9(2)19-11/h5-6,17H,4,7-8H2,1-3H3. The van der Waals surface area contributed by atoms with Gasteiger partial charge in [-0.05, 0) is 32.9 Å². The number of carbonyl (C=O) groups is 1. The minimum absolute atomic E-state index is 0.0400. The van der Waals surface area contributed by atoms with Gasteiger partial charge in [0.25, 0.3) is 5.91 Å². The molecule has 2 heterocycles. The molecule has 6 heteroatoms. The third-order valence-corrected chi connectivity index (χ3v) is 4.14. The molecule has 0 aliphatic rings. The summed E-state index contributed by atoms with van der Waals surface area (Å²) in [5.41, 5.74) is 0.695. The third kappa shape index (κ3) is 2.91. The number of nitrogens with zero attached hydrogens (tertiary/aromatic N) is 2. The van der Waals surface area contributed by atoms with Crippen molar-refractivity contribution in [3.05, 3.63) is 28.5 Å². The SMILES string of the molecule is CCN(CCO)C(=O)c1sc(-c2ccc(C)o2)nc1C. The summed E-state index contributed by atoms with van der Waals surface area (Å²) < 4.78 is 5.53. The van der Waals surface area contributed by atoms with Crippen LogP contribution in [0.5, 0.6) is 0 Å².